The Morgan fingerprint density at radius 3 is 2.29 bits per heavy atom. The van der Waals surface area contributed by atoms with Crippen LogP contribution in [0.3, 0.4) is 0 Å². The molecule has 1 aliphatic rings. The largest absolute Gasteiger partial charge is 0.417 e. The van der Waals surface area contributed by atoms with Crippen molar-refractivity contribution in [3.63, 3.8) is 0 Å². The molecule has 4 nitrogen and oxygen atoms in total. The lowest BCUT2D eigenvalue weighted by Gasteiger charge is -2.19. The summed E-state index contributed by atoms with van der Waals surface area (Å²) < 4.78 is 38.9. The van der Waals surface area contributed by atoms with Gasteiger partial charge in [0.05, 0.1) is 16.8 Å². The highest BCUT2D eigenvalue weighted by atomic mass is 35.5. The minimum absolute atomic E-state index is 0.0604. The normalized spacial score (nSPS) is 14.9. The lowest BCUT2D eigenvalue weighted by Crippen LogP contribution is -2.34. The van der Waals surface area contributed by atoms with Crippen molar-refractivity contribution in [2.24, 2.45) is 5.73 Å². The van der Waals surface area contributed by atoms with Crippen molar-refractivity contribution >= 4 is 17.5 Å². The molecule has 0 atom stereocenters. The quantitative estimate of drug-likeness (QED) is 0.560. The first kappa shape index (κ1) is 21.3. The van der Waals surface area contributed by atoms with Gasteiger partial charge < -0.3 is 11.1 Å². The molecule has 0 aliphatic heterocycles. The first-order valence-corrected chi connectivity index (χ1v) is 10.0. The number of halogens is 4. The standard InChI is InChI=1S/C23H19ClF3N3O/c24-19-7-3-15(4-8-19)21(31)30-22(9-10-22)17-5-1-14(2-6-17)20-16(12-28)11-18(13-29-20)23(25,26)27/h1-8,11,13H,9-10,12,28H2,(H,30,31). The number of aromatic nitrogens is 1. The number of rotatable bonds is 5. The SMILES string of the molecule is NCc1cc(C(F)(F)F)cnc1-c1ccc(C2(NC(=O)c3ccc(Cl)cc3)CC2)cc1. The summed E-state index contributed by atoms with van der Waals surface area (Å²) in [5.41, 5.74) is 7.25. The van der Waals surface area contributed by atoms with Crippen molar-refractivity contribution in [1.29, 1.82) is 0 Å². The summed E-state index contributed by atoms with van der Waals surface area (Å²) in [6.07, 6.45) is -2.05. The number of pyridine rings is 1. The Kier molecular flexibility index (Phi) is 5.49. The van der Waals surface area contributed by atoms with Crippen molar-refractivity contribution in [1.82, 2.24) is 10.3 Å². The van der Waals surface area contributed by atoms with Crippen LogP contribution >= 0.6 is 11.6 Å². The first-order valence-electron chi connectivity index (χ1n) is 9.67. The first-order chi connectivity index (χ1) is 14.7. The predicted octanol–water partition coefficient (Wildman–Crippen LogP) is 5.30. The van der Waals surface area contributed by atoms with Gasteiger partial charge in [-0.2, -0.15) is 13.2 Å². The maximum absolute atomic E-state index is 13.0. The monoisotopic (exact) mass is 445 g/mol. The smallest absolute Gasteiger partial charge is 0.343 e. The van der Waals surface area contributed by atoms with Crippen LogP contribution in [-0.4, -0.2) is 10.9 Å². The molecule has 1 saturated carbocycles. The maximum atomic E-state index is 13.0. The number of hydrogen-bond donors (Lipinski definition) is 2. The molecule has 3 aromatic rings. The zero-order chi connectivity index (χ0) is 22.2. The van der Waals surface area contributed by atoms with E-state index in [1.807, 2.05) is 12.1 Å². The van der Waals surface area contributed by atoms with E-state index < -0.39 is 17.3 Å². The summed E-state index contributed by atoms with van der Waals surface area (Å²) in [6, 6.07) is 15.0. The van der Waals surface area contributed by atoms with E-state index in [9.17, 15) is 18.0 Å². The Labute approximate surface area is 182 Å². The fourth-order valence-corrected chi connectivity index (χ4v) is 3.66. The molecule has 1 aliphatic carbocycles. The van der Waals surface area contributed by atoms with Crippen molar-refractivity contribution in [2.75, 3.05) is 0 Å². The highest BCUT2D eigenvalue weighted by Gasteiger charge is 2.45. The molecule has 31 heavy (non-hydrogen) atoms. The Bertz CT molecular complexity index is 1110. The molecule has 1 aromatic heterocycles. The average Bonchev–Trinajstić information content (AvgIpc) is 3.53. The minimum atomic E-state index is -4.47. The fourth-order valence-electron chi connectivity index (χ4n) is 3.53. The van der Waals surface area contributed by atoms with Gasteiger partial charge in [0.1, 0.15) is 0 Å². The van der Waals surface area contributed by atoms with Crippen molar-refractivity contribution in [3.8, 4) is 11.3 Å². The van der Waals surface area contributed by atoms with Crippen molar-refractivity contribution in [2.45, 2.75) is 31.1 Å². The third-order valence-corrected chi connectivity index (χ3v) is 5.69. The average molecular weight is 446 g/mol. The van der Waals surface area contributed by atoms with Gasteiger partial charge in [-0.1, -0.05) is 35.9 Å². The van der Waals surface area contributed by atoms with Crippen LogP contribution in [0, 0.1) is 0 Å². The third-order valence-electron chi connectivity index (χ3n) is 5.43. The zero-order valence-electron chi connectivity index (χ0n) is 16.3. The summed E-state index contributed by atoms with van der Waals surface area (Å²) in [6.45, 7) is -0.0604. The van der Waals surface area contributed by atoms with Crippen LogP contribution in [0.4, 0.5) is 13.2 Å². The molecule has 2 aromatic carbocycles. The predicted molar refractivity (Wildman–Crippen MR) is 112 cm³/mol. The Hall–Kier alpha value is -2.90. The lowest BCUT2D eigenvalue weighted by molar-refractivity contribution is -0.137. The molecular formula is C23H19ClF3N3O. The Balaban J connectivity index is 1.56. The summed E-state index contributed by atoms with van der Waals surface area (Å²) in [5, 5.41) is 3.64. The summed E-state index contributed by atoms with van der Waals surface area (Å²) in [5.74, 6) is -0.187. The number of amides is 1. The van der Waals surface area contributed by atoms with E-state index in [1.54, 1.807) is 36.4 Å². The fraction of sp³-hybridized carbons (Fsp3) is 0.217. The molecular weight excluding hydrogens is 427 g/mol. The number of alkyl halides is 3. The molecule has 1 fully saturated rings. The van der Waals surface area contributed by atoms with Crippen molar-refractivity contribution in [3.05, 3.63) is 88.1 Å². The number of carbonyl (C=O) groups is 1. The van der Waals surface area contributed by atoms with Gasteiger partial charge in [0.25, 0.3) is 5.91 Å². The topological polar surface area (TPSA) is 68.0 Å². The molecule has 0 bridgehead atoms. The van der Waals surface area contributed by atoms with Gasteiger partial charge in [0.15, 0.2) is 0 Å². The van der Waals surface area contributed by atoms with Crippen LogP contribution in [0.25, 0.3) is 11.3 Å². The number of hydrogen-bond acceptors (Lipinski definition) is 3. The van der Waals surface area contributed by atoms with Crippen molar-refractivity contribution < 1.29 is 18.0 Å². The molecule has 1 amide bonds. The van der Waals surface area contributed by atoms with Gasteiger partial charge in [0, 0.05) is 28.9 Å². The molecule has 4 rings (SSSR count). The Morgan fingerprint density at radius 2 is 1.74 bits per heavy atom. The third kappa shape index (κ3) is 4.43. The van der Waals surface area contributed by atoms with Gasteiger partial charge in [0.2, 0.25) is 0 Å². The second kappa shape index (κ2) is 7.98. The number of nitrogens with two attached hydrogens (primary N) is 1. The van der Waals surface area contributed by atoms with E-state index in [2.05, 4.69) is 10.3 Å². The Morgan fingerprint density at radius 1 is 1.10 bits per heavy atom. The minimum Gasteiger partial charge on any atom is -0.343 e. The van der Waals surface area contributed by atoms with Crippen LogP contribution in [0.5, 0.6) is 0 Å². The van der Waals surface area contributed by atoms with Gasteiger partial charge in [-0.25, -0.2) is 0 Å². The second-order valence-electron chi connectivity index (χ2n) is 7.55. The van der Waals surface area contributed by atoms with E-state index in [0.29, 0.717) is 27.4 Å². The van der Waals surface area contributed by atoms with Crippen LogP contribution in [-0.2, 0) is 18.3 Å². The molecule has 1 heterocycles. The second-order valence-corrected chi connectivity index (χ2v) is 7.99. The van der Waals surface area contributed by atoms with Crippen LogP contribution < -0.4 is 11.1 Å². The van der Waals surface area contributed by atoms with E-state index >= 15 is 0 Å². The van der Waals surface area contributed by atoms with Gasteiger partial charge >= 0.3 is 6.18 Å². The molecule has 0 radical (unpaired) electrons. The van der Waals surface area contributed by atoms with Crippen LogP contribution in [0.2, 0.25) is 5.02 Å². The summed E-state index contributed by atoms with van der Waals surface area (Å²) in [7, 11) is 0. The summed E-state index contributed by atoms with van der Waals surface area (Å²) >= 11 is 5.88. The number of nitrogens with one attached hydrogen (secondary N) is 1. The molecule has 160 valence electrons. The van der Waals surface area contributed by atoms with E-state index in [0.717, 1.165) is 30.7 Å². The van der Waals surface area contributed by atoms with E-state index in [1.165, 1.54) is 0 Å². The van der Waals surface area contributed by atoms with Gasteiger partial charge in [-0.15, -0.1) is 0 Å². The van der Waals surface area contributed by atoms with Gasteiger partial charge in [-0.3, -0.25) is 9.78 Å². The number of benzene rings is 2. The van der Waals surface area contributed by atoms with Crippen LogP contribution in [0.1, 0.15) is 39.9 Å². The molecule has 0 unspecified atom stereocenters. The van der Waals surface area contributed by atoms with E-state index in [-0.39, 0.29) is 12.5 Å². The molecule has 0 spiro atoms. The highest BCUT2D eigenvalue weighted by molar-refractivity contribution is 6.30. The number of nitrogens with zero attached hydrogens (tertiary/aromatic N) is 1. The maximum Gasteiger partial charge on any atom is 0.417 e. The zero-order valence-corrected chi connectivity index (χ0v) is 17.1. The molecule has 8 heteroatoms. The van der Waals surface area contributed by atoms with Gasteiger partial charge in [-0.05, 0) is 54.3 Å². The molecule has 3 N–H and O–H groups in total. The highest BCUT2D eigenvalue weighted by Crippen LogP contribution is 2.46. The van der Waals surface area contributed by atoms with Crippen LogP contribution in [0.15, 0.2) is 60.8 Å². The summed E-state index contributed by atoms with van der Waals surface area (Å²) in [4.78, 5) is 16.6. The molecule has 0 saturated heterocycles. The number of carbonyl (C=O) groups excluding carboxylic acids is 1. The van der Waals surface area contributed by atoms with E-state index in [4.69, 9.17) is 17.3 Å². The lowest BCUT2D eigenvalue weighted by atomic mass is 9.98.